The molecule has 2 N–H and O–H groups in total. The number of carboxylic acids is 1. The summed E-state index contributed by atoms with van der Waals surface area (Å²) in [4.78, 5) is 25.2. The van der Waals surface area contributed by atoms with Crippen LogP contribution in [-0.2, 0) is 4.79 Å². The normalized spacial score (nSPS) is 20.9. The number of hydrogen-bond donors (Lipinski definition) is 2. The van der Waals surface area contributed by atoms with E-state index in [1.165, 1.54) is 4.90 Å². The second-order valence-corrected chi connectivity index (χ2v) is 6.19. The number of aliphatic carboxylic acids is 1. The summed E-state index contributed by atoms with van der Waals surface area (Å²) in [6.07, 6.45) is 0.583. The quantitative estimate of drug-likeness (QED) is 0.881. The molecular weight excluding hydrogens is 320 g/mol. The highest BCUT2D eigenvalue weighted by Crippen LogP contribution is 2.28. The van der Waals surface area contributed by atoms with Gasteiger partial charge >= 0.3 is 12.0 Å². The molecule has 1 aromatic rings. The Hall–Kier alpha value is -1.95. The average molecular weight is 341 g/mol. The van der Waals surface area contributed by atoms with Gasteiger partial charge in [0.25, 0.3) is 0 Å². The number of urea groups is 1. The van der Waals surface area contributed by atoms with Crippen molar-refractivity contribution in [2.24, 2.45) is 11.8 Å². The maximum atomic E-state index is 12.4. The number of piperidine rings is 1. The molecule has 1 saturated heterocycles. The molecule has 1 aromatic carbocycles. The molecule has 2 amide bonds. The summed E-state index contributed by atoms with van der Waals surface area (Å²) in [5.41, 5.74) is 0.452. The maximum Gasteiger partial charge on any atom is 0.321 e. The number of rotatable bonds is 4. The van der Waals surface area contributed by atoms with Crippen LogP contribution in [0.4, 0.5) is 10.5 Å². The molecule has 23 heavy (non-hydrogen) atoms. The van der Waals surface area contributed by atoms with Crippen LogP contribution in [0.25, 0.3) is 0 Å². The number of hydrogen-bond acceptors (Lipinski definition) is 3. The molecular formula is C16H21ClN2O4. The van der Waals surface area contributed by atoms with Crippen molar-refractivity contribution in [2.75, 3.05) is 25.0 Å². The lowest BCUT2D eigenvalue weighted by Gasteiger charge is -2.34. The Morgan fingerprint density at radius 2 is 2.17 bits per heavy atom. The Balaban J connectivity index is 2.09. The largest absolute Gasteiger partial charge is 0.494 e. The number of likely N-dealkylation sites (tertiary alicyclic amines) is 1. The molecule has 0 radical (unpaired) electrons. The van der Waals surface area contributed by atoms with Gasteiger partial charge in [-0.15, -0.1) is 0 Å². The van der Waals surface area contributed by atoms with Gasteiger partial charge in [-0.1, -0.05) is 18.5 Å². The number of halogens is 1. The Morgan fingerprint density at radius 3 is 2.83 bits per heavy atom. The molecule has 1 heterocycles. The second-order valence-electron chi connectivity index (χ2n) is 5.79. The molecule has 0 aromatic heterocycles. The number of ether oxygens (including phenoxy) is 1. The number of nitrogens with one attached hydrogen (secondary N) is 1. The molecule has 1 aliphatic heterocycles. The summed E-state index contributed by atoms with van der Waals surface area (Å²) in [6, 6.07) is 4.69. The number of anilines is 1. The van der Waals surface area contributed by atoms with Gasteiger partial charge in [-0.05, 0) is 31.4 Å². The number of benzene rings is 1. The molecule has 1 aliphatic rings. The van der Waals surface area contributed by atoms with E-state index in [0.717, 1.165) is 0 Å². The minimum absolute atomic E-state index is 0.140. The second kappa shape index (κ2) is 7.55. The molecule has 2 unspecified atom stereocenters. The van der Waals surface area contributed by atoms with Crippen molar-refractivity contribution in [3.8, 4) is 5.75 Å². The highest BCUT2D eigenvalue weighted by atomic mass is 35.5. The van der Waals surface area contributed by atoms with E-state index in [4.69, 9.17) is 16.3 Å². The van der Waals surface area contributed by atoms with Crippen LogP contribution in [0.5, 0.6) is 5.75 Å². The summed E-state index contributed by atoms with van der Waals surface area (Å²) in [7, 11) is 0. The van der Waals surface area contributed by atoms with Gasteiger partial charge in [0.05, 0.1) is 23.2 Å². The predicted molar refractivity (Wildman–Crippen MR) is 88.1 cm³/mol. The average Bonchev–Trinajstić information content (AvgIpc) is 2.50. The summed E-state index contributed by atoms with van der Waals surface area (Å²) in [5.74, 6) is -0.649. The van der Waals surface area contributed by atoms with Crippen molar-refractivity contribution in [1.82, 2.24) is 4.90 Å². The first-order chi connectivity index (χ1) is 10.9. The molecule has 0 aliphatic carbocycles. The fourth-order valence-electron chi connectivity index (χ4n) is 2.75. The lowest BCUT2D eigenvalue weighted by molar-refractivity contribution is -0.143. The van der Waals surface area contributed by atoms with Crippen molar-refractivity contribution in [2.45, 2.75) is 20.3 Å². The number of carboxylic acid groups (broad SMARTS) is 1. The summed E-state index contributed by atoms with van der Waals surface area (Å²) in [6.45, 7) is 5.05. The van der Waals surface area contributed by atoms with Crippen LogP contribution in [-0.4, -0.2) is 41.7 Å². The van der Waals surface area contributed by atoms with Gasteiger partial charge < -0.3 is 20.1 Å². The topological polar surface area (TPSA) is 78.9 Å². The number of carbonyl (C=O) groups excluding carboxylic acids is 1. The van der Waals surface area contributed by atoms with Crippen LogP contribution in [0.3, 0.4) is 0 Å². The molecule has 0 spiro atoms. The highest BCUT2D eigenvalue weighted by molar-refractivity contribution is 6.33. The van der Waals surface area contributed by atoms with Gasteiger partial charge in [0.15, 0.2) is 0 Å². The zero-order valence-corrected chi connectivity index (χ0v) is 14.0. The minimum Gasteiger partial charge on any atom is -0.494 e. The van der Waals surface area contributed by atoms with Gasteiger partial charge in [-0.25, -0.2) is 4.79 Å². The van der Waals surface area contributed by atoms with Crippen LogP contribution >= 0.6 is 11.6 Å². The fourth-order valence-corrected chi connectivity index (χ4v) is 2.91. The zero-order valence-electron chi connectivity index (χ0n) is 13.2. The lowest BCUT2D eigenvalue weighted by Crippen LogP contribution is -2.47. The smallest absolute Gasteiger partial charge is 0.321 e. The molecule has 2 atom stereocenters. The first kappa shape index (κ1) is 17.4. The van der Waals surface area contributed by atoms with Gasteiger partial charge in [0.1, 0.15) is 5.75 Å². The van der Waals surface area contributed by atoms with Crippen molar-refractivity contribution in [1.29, 1.82) is 0 Å². The third kappa shape index (κ3) is 4.51. The van der Waals surface area contributed by atoms with Gasteiger partial charge in [0.2, 0.25) is 0 Å². The number of nitrogens with zero attached hydrogens (tertiary/aromatic N) is 1. The van der Waals surface area contributed by atoms with Crippen molar-refractivity contribution in [3.05, 3.63) is 23.2 Å². The van der Waals surface area contributed by atoms with Gasteiger partial charge in [-0.3, -0.25) is 4.79 Å². The molecule has 126 valence electrons. The number of carbonyl (C=O) groups is 2. The highest BCUT2D eigenvalue weighted by Gasteiger charge is 2.32. The molecule has 2 rings (SSSR count). The third-order valence-electron chi connectivity index (χ3n) is 3.79. The van der Waals surface area contributed by atoms with E-state index < -0.39 is 11.9 Å². The lowest BCUT2D eigenvalue weighted by atomic mass is 9.91. The monoisotopic (exact) mass is 340 g/mol. The van der Waals surface area contributed by atoms with Crippen molar-refractivity contribution in [3.63, 3.8) is 0 Å². The Kier molecular flexibility index (Phi) is 5.71. The molecule has 7 heteroatoms. The Bertz CT molecular complexity index is 593. The molecule has 0 bridgehead atoms. The van der Waals surface area contributed by atoms with Crippen LogP contribution in [0.2, 0.25) is 5.02 Å². The van der Waals surface area contributed by atoms with E-state index >= 15 is 0 Å². The molecule has 0 saturated carbocycles. The standard InChI is InChI=1S/C16H21ClN2O4/c1-3-23-12-4-5-13(17)14(7-12)18-16(22)19-8-10(2)6-11(9-19)15(20)21/h4-5,7,10-11H,3,6,8-9H2,1-2H3,(H,18,22)(H,20,21). The first-order valence-corrected chi connectivity index (χ1v) is 7.99. The van der Waals surface area contributed by atoms with Crippen LogP contribution < -0.4 is 10.1 Å². The Morgan fingerprint density at radius 1 is 1.43 bits per heavy atom. The Labute approximate surface area is 140 Å². The fraction of sp³-hybridized carbons (Fsp3) is 0.500. The van der Waals surface area contributed by atoms with Crippen LogP contribution in [0.1, 0.15) is 20.3 Å². The van der Waals surface area contributed by atoms with E-state index in [1.54, 1.807) is 18.2 Å². The van der Waals surface area contributed by atoms with Crippen molar-refractivity contribution >= 4 is 29.3 Å². The van der Waals surface area contributed by atoms with Crippen LogP contribution in [0, 0.1) is 11.8 Å². The number of amides is 2. The zero-order chi connectivity index (χ0) is 17.0. The van der Waals surface area contributed by atoms with Crippen molar-refractivity contribution < 1.29 is 19.4 Å². The van der Waals surface area contributed by atoms with E-state index in [1.807, 2.05) is 13.8 Å². The van der Waals surface area contributed by atoms with Gasteiger partial charge in [-0.2, -0.15) is 0 Å². The van der Waals surface area contributed by atoms with E-state index in [0.29, 0.717) is 36.0 Å². The third-order valence-corrected chi connectivity index (χ3v) is 4.12. The first-order valence-electron chi connectivity index (χ1n) is 7.61. The molecule has 6 nitrogen and oxygen atoms in total. The van der Waals surface area contributed by atoms with E-state index in [9.17, 15) is 14.7 Å². The van der Waals surface area contributed by atoms with Crippen LogP contribution in [0.15, 0.2) is 18.2 Å². The van der Waals surface area contributed by atoms with Gasteiger partial charge in [0, 0.05) is 19.2 Å². The predicted octanol–water partition coefficient (Wildman–Crippen LogP) is 3.31. The van der Waals surface area contributed by atoms with E-state index in [-0.39, 0.29) is 18.5 Å². The minimum atomic E-state index is -0.870. The molecule has 1 fully saturated rings. The SMILES string of the molecule is CCOc1ccc(Cl)c(NC(=O)N2CC(C)CC(C(=O)O)C2)c1. The maximum absolute atomic E-state index is 12.4. The summed E-state index contributed by atoms with van der Waals surface area (Å²) in [5, 5.41) is 12.3. The summed E-state index contributed by atoms with van der Waals surface area (Å²) < 4.78 is 5.39. The summed E-state index contributed by atoms with van der Waals surface area (Å²) >= 11 is 6.10. The van der Waals surface area contributed by atoms with E-state index in [2.05, 4.69) is 5.32 Å².